The summed E-state index contributed by atoms with van der Waals surface area (Å²) in [6.07, 6.45) is 0. The maximum absolute atomic E-state index is 12.1. The molecule has 0 bridgehead atoms. The zero-order valence-corrected chi connectivity index (χ0v) is 16.0. The van der Waals surface area contributed by atoms with Gasteiger partial charge in [-0.1, -0.05) is 30.1 Å². The molecule has 0 unspecified atom stereocenters. The monoisotopic (exact) mass is 400 g/mol. The van der Waals surface area contributed by atoms with E-state index in [0.717, 1.165) is 37.9 Å². The average Bonchev–Trinajstić information content (AvgIpc) is 3.06. The Morgan fingerprint density at radius 3 is 2.68 bits per heavy atom. The van der Waals surface area contributed by atoms with E-state index < -0.39 is 6.03 Å². The minimum absolute atomic E-state index is 0.278. The number of benzene rings is 1. The Morgan fingerprint density at radius 2 is 2.00 bits per heavy atom. The van der Waals surface area contributed by atoms with E-state index >= 15 is 0 Å². The van der Waals surface area contributed by atoms with Crippen LogP contribution in [0.2, 0.25) is 10.0 Å². The molecule has 1 aromatic heterocycles. The highest BCUT2D eigenvalue weighted by atomic mass is 35.5. The number of rotatable bonds is 4. The number of aromatic nitrogens is 2. The van der Waals surface area contributed by atoms with Crippen LogP contribution in [-0.2, 0) is 0 Å². The van der Waals surface area contributed by atoms with Gasteiger partial charge in [0.25, 0.3) is 0 Å². The molecule has 1 aliphatic heterocycles. The van der Waals surface area contributed by atoms with Gasteiger partial charge in [0.2, 0.25) is 11.1 Å². The molecule has 134 valence electrons. The number of nitrogens with zero attached hydrogens (tertiary/aromatic N) is 4. The van der Waals surface area contributed by atoms with Crippen molar-refractivity contribution in [3.63, 3.8) is 0 Å². The lowest BCUT2D eigenvalue weighted by Gasteiger charge is -2.33. The molecule has 2 N–H and O–H groups in total. The highest BCUT2D eigenvalue weighted by molar-refractivity contribution is 7.09. The Bertz CT molecular complexity index is 747. The number of nitrogens with one attached hydrogen (secondary N) is 2. The Kier molecular flexibility index (Phi) is 5.95. The number of hydrogen-bond donors (Lipinski definition) is 2. The van der Waals surface area contributed by atoms with Crippen LogP contribution in [0.1, 0.15) is 6.92 Å². The largest absolute Gasteiger partial charge is 0.344 e. The molecule has 0 radical (unpaired) electrons. The molecule has 0 saturated carbocycles. The first-order chi connectivity index (χ1) is 12.0. The average molecular weight is 401 g/mol. The maximum Gasteiger partial charge on any atom is 0.326 e. The number of amides is 2. The van der Waals surface area contributed by atoms with Crippen molar-refractivity contribution in [3.05, 3.63) is 28.2 Å². The van der Waals surface area contributed by atoms with Crippen molar-refractivity contribution in [2.24, 2.45) is 0 Å². The second-order valence-electron chi connectivity index (χ2n) is 5.53. The molecule has 2 heterocycles. The van der Waals surface area contributed by atoms with E-state index in [-0.39, 0.29) is 5.95 Å². The summed E-state index contributed by atoms with van der Waals surface area (Å²) in [5.74, 6) is 0.278. The van der Waals surface area contributed by atoms with Crippen molar-refractivity contribution in [1.29, 1.82) is 0 Å². The number of piperazine rings is 1. The van der Waals surface area contributed by atoms with Gasteiger partial charge in [-0.15, -0.1) is 0 Å². The molecule has 1 aromatic carbocycles. The Hall–Kier alpha value is -1.61. The smallest absolute Gasteiger partial charge is 0.326 e. The minimum atomic E-state index is -0.454. The standard InChI is InChI=1S/C15H18Cl2N6OS/c1-2-22-5-7-23(8-6-22)15-20-13(21-25-15)19-14(24)18-12-4-3-10(16)9-11(12)17/h3-4,9H,2,5-8H2,1H3,(H2,18,19,21,24). The molecule has 3 rings (SSSR count). The summed E-state index contributed by atoms with van der Waals surface area (Å²) >= 11 is 13.2. The highest BCUT2D eigenvalue weighted by Gasteiger charge is 2.19. The van der Waals surface area contributed by atoms with Gasteiger partial charge >= 0.3 is 6.03 Å². The molecule has 1 saturated heterocycles. The predicted molar refractivity (Wildman–Crippen MR) is 103 cm³/mol. The van der Waals surface area contributed by atoms with E-state index in [1.165, 1.54) is 11.5 Å². The van der Waals surface area contributed by atoms with Gasteiger partial charge in [0.05, 0.1) is 10.7 Å². The van der Waals surface area contributed by atoms with E-state index in [9.17, 15) is 4.79 Å². The molecule has 0 aliphatic carbocycles. The van der Waals surface area contributed by atoms with Crippen LogP contribution in [0.15, 0.2) is 18.2 Å². The van der Waals surface area contributed by atoms with Crippen molar-refractivity contribution >= 4 is 57.5 Å². The fraction of sp³-hybridized carbons (Fsp3) is 0.400. The summed E-state index contributed by atoms with van der Waals surface area (Å²) in [7, 11) is 0. The summed E-state index contributed by atoms with van der Waals surface area (Å²) in [5, 5.41) is 6.96. The molecule has 25 heavy (non-hydrogen) atoms. The lowest BCUT2D eigenvalue weighted by molar-refractivity contribution is 0.262. The van der Waals surface area contributed by atoms with Crippen LogP contribution in [0.5, 0.6) is 0 Å². The number of hydrogen-bond acceptors (Lipinski definition) is 6. The van der Waals surface area contributed by atoms with Gasteiger partial charge in [0, 0.05) is 42.7 Å². The second-order valence-corrected chi connectivity index (χ2v) is 7.10. The first kappa shape index (κ1) is 18.2. The van der Waals surface area contributed by atoms with E-state index in [1.807, 2.05) is 0 Å². The third kappa shape index (κ3) is 4.72. The first-order valence-corrected chi connectivity index (χ1v) is 9.42. The van der Waals surface area contributed by atoms with E-state index in [4.69, 9.17) is 23.2 Å². The second kappa shape index (κ2) is 8.18. The lowest BCUT2D eigenvalue weighted by Crippen LogP contribution is -2.46. The molecule has 0 atom stereocenters. The fourth-order valence-corrected chi connectivity index (χ4v) is 3.63. The molecule has 2 aromatic rings. The number of halogens is 2. The highest BCUT2D eigenvalue weighted by Crippen LogP contribution is 2.26. The number of anilines is 3. The van der Waals surface area contributed by atoms with Gasteiger partial charge in [-0.05, 0) is 24.7 Å². The van der Waals surface area contributed by atoms with Crippen LogP contribution < -0.4 is 15.5 Å². The molecule has 7 nitrogen and oxygen atoms in total. The molecular weight excluding hydrogens is 383 g/mol. The van der Waals surface area contributed by atoms with Crippen LogP contribution >= 0.6 is 34.7 Å². The van der Waals surface area contributed by atoms with Crippen molar-refractivity contribution in [1.82, 2.24) is 14.3 Å². The quantitative estimate of drug-likeness (QED) is 0.819. The molecule has 2 amide bonds. The summed E-state index contributed by atoms with van der Waals surface area (Å²) < 4.78 is 4.20. The molecular formula is C15H18Cl2N6OS. The summed E-state index contributed by atoms with van der Waals surface area (Å²) in [4.78, 5) is 21.0. The van der Waals surface area contributed by atoms with Gasteiger partial charge in [0.15, 0.2) is 0 Å². The van der Waals surface area contributed by atoms with Gasteiger partial charge in [0.1, 0.15) is 0 Å². The van der Waals surface area contributed by atoms with Crippen molar-refractivity contribution in [2.75, 3.05) is 48.3 Å². The van der Waals surface area contributed by atoms with Gasteiger partial charge in [-0.25, -0.2) is 4.79 Å². The van der Waals surface area contributed by atoms with Gasteiger partial charge in [-0.2, -0.15) is 9.36 Å². The number of carbonyl (C=O) groups is 1. The third-order valence-electron chi connectivity index (χ3n) is 3.91. The summed E-state index contributed by atoms with van der Waals surface area (Å²) in [6, 6.07) is 4.40. The number of carbonyl (C=O) groups excluding carboxylic acids is 1. The van der Waals surface area contributed by atoms with Crippen LogP contribution in [0, 0.1) is 0 Å². The lowest BCUT2D eigenvalue weighted by atomic mass is 10.3. The zero-order chi connectivity index (χ0) is 17.8. The molecule has 10 heteroatoms. The van der Waals surface area contributed by atoms with Crippen molar-refractivity contribution in [3.8, 4) is 0 Å². The van der Waals surface area contributed by atoms with E-state index in [1.54, 1.807) is 18.2 Å². The minimum Gasteiger partial charge on any atom is -0.344 e. The summed E-state index contributed by atoms with van der Waals surface area (Å²) in [6.45, 7) is 7.06. The Labute approximate surface area is 160 Å². The predicted octanol–water partition coefficient (Wildman–Crippen LogP) is 3.63. The topological polar surface area (TPSA) is 73.4 Å². The zero-order valence-electron chi connectivity index (χ0n) is 13.6. The Balaban J connectivity index is 1.57. The van der Waals surface area contributed by atoms with E-state index in [2.05, 4.69) is 36.7 Å². The SMILES string of the molecule is CCN1CCN(c2nc(NC(=O)Nc3ccc(Cl)cc3Cl)ns2)CC1. The molecule has 1 fully saturated rings. The molecule has 1 aliphatic rings. The number of likely N-dealkylation sites (N-methyl/N-ethyl adjacent to an activating group) is 1. The van der Waals surface area contributed by atoms with Gasteiger partial charge < -0.3 is 15.1 Å². The Morgan fingerprint density at radius 1 is 1.24 bits per heavy atom. The van der Waals surface area contributed by atoms with Gasteiger partial charge in [-0.3, -0.25) is 5.32 Å². The maximum atomic E-state index is 12.1. The number of urea groups is 1. The van der Waals surface area contributed by atoms with Crippen molar-refractivity contribution < 1.29 is 4.79 Å². The van der Waals surface area contributed by atoms with Crippen LogP contribution in [0.25, 0.3) is 0 Å². The third-order valence-corrected chi connectivity index (χ3v) is 5.23. The van der Waals surface area contributed by atoms with Crippen LogP contribution in [0.3, 0.4) is 0 Å². The molecule has 0 spiro atoms. The van der Waals surface area contributed by atoms with Crippen LogP contribution in [-0.4, -0.2) is 53.0 Å². The first-order valence-electron chi connectivity index (χ1n) is 7.89. The normalized spacial score (nSPS) is 15.2. The summed E-state index contributed by atoms with van der Waals surface area (Å²) in [5.41, 5.74) is 0.467. The van der Waals surface area contributed by atoms with Crippen LogP contribution in [0.4, 0.5) is 21.6 Å². The van der Waals surface area contributed by atoms with Crippen molar-refractivity contribution in [2.45, 2.75) is 6.92 Å². The van der Waals surface area contributed by atoms with E-state index in [0.29, 0.717) is 15.7 Å². The fourth-order valence-electron chi connectivity index (χ4n) is 2.50.